The molecule has 0 fully saturated rings. The highest BCUT2D eigenvalue weighted by Crippen LogP contribution is 2.13. The maximum Gasteiger partial charge on any atom is 0.140 e. The number of halogens is 1. The molecule has 0 unspecified atom stereocenters. The molecule has 0 amide bonds. The van der Waals surface area contributed by atoms with E-state index in [-0.39, 0.29) is 5.56 Å². The van der Waals surface area contributed by atoms with Crippen LogP contribution in [0.1, 0.15) is 29.4 Å². The first-order valence-electron chi connectivity index (χ1n) is 6.95. The first kappa shape index (κ1) is 15.1. The second-order valence-electron chi connectivity index (χ2n) is 5.00. The van der Waals surface area contributed by atoms with E-state index in [9.17, 15) is 4.39 Å². The normalized spacial score (nSPS) is 10.6. The quantitative estimate of drug-likeness (QED) is 0.844. The SMILES string of the molecule is CCN(Cc1ccc(F)c(C#N)c1)Cc1cccc(C)n1. The second kappa shape index (κ2) is 6.96. The minimum atomic E-state index is -0.468. The van der Waals surface area contributed by atoms with Gasteiger partial charge < -0.3 is 0 Å². The number of aromatic nitrogens is 1. The summed E-state index contributed by atoms with van der Waals surface area (Å²) in [6, 6.07) is 12.5. The van der Waals surface area contributed by atoms with Crippen molar-refractivity contribution in [3.8, 4) is 6.07 Å². The highest BCUT2D eigenvalue weighted by Gasteiger charge is 2.08. The lowest BCUT2D eigenvalue weighted by atomic mass is 10.1. The Bertz CT molecular complexity index is 661. The number of aryl methyl sites for hydroxylation is 1. The fourth-order valence-electron chi connectivity index (χ4n) is 2.21. The van der Waals surface area contributed by atoms with Gasteiger partial charge in [0.15, 0.2) is 0 Å². The summed E-state index contributed by atoms with van der Waals surface area (Å²) in [5.74, 6) is -0.468. The zero-order valence-electron chi connectivity index (χ0n) is 12.3. The lowest BCUT2D eigenvalue weighted by Gasteiger charge is -2.20. The van der Waals surface area contributed by atoms with E-state index < -0.39 is 5.82 Å². The van der Waals surface area contributed by atoms with Crippen LogP contribution in [0.4, 0.5) is 4.39 Å². The Morgan fingerprint density at radius 1 is 1.24 bits per heavy atom. The number of hydrogen-bond acceptors (Lipinski definition) is 3. The Labute approximate surface area is 124 Å². The Kier molecular flexibility index (Phi) is 5.02. The molecule has 0 saturated heterocycles. The minimum Gasteiger partial charge on any atom is -0.294 e. The maximum absolute atomic E-state index is 13.3. The Morgan fingerprint density at radius 3 is 2.71 bits per heavy atom. The van der Waals surface area contributed by atoms with Crippen molar-refractivity contribution in [3.05, 3.63) is 64.7 Å². The van der Waals surface area contributed by atoms with Gasteiger partial charge in [-0.05, 0) is 43.3 Å². The van der Waals surface area contributed by atoms with Crippen LogP contribution in [0.3, 0.4) is 0 Å². The van der Waals surface area contributed by atoms with E-state index in [0.29, 0.717) is 6.54 Å². The molecule has 1 aromatic heterocycles. The largest absolute Gasteiger partial charge is 0.294 e. The molecule has 0 saturated carbocycles. The predicted octanol–water partition coefficient (Wildman–Crippen LogP) is 3.42. The van der Waals surface area contributed by atoms with Crippen molar-refractivity contribution < 1.29 is 4.39 Å². The summed E-state index contributed by atoms with van der Waals surface area (Å²) in [6.07, 6.45) is 0. The van der Waals surface area contributed by atoms with E-state index in [2.05, 4.69) is 16.8 Å². The molecular formula is C17H18FN3. The van der Waals surface area contributed by atoms with Gasteiger partial charge in [-0.25, -0.2) is 4.39 Å². The van der Waals surface area contributed by atoms with Crippen LogP contribution >= 0.6 is 0 Å². The number of nitrogens with zero attached hydrogens (tertiary/aromatic N) is 3. The summed E-state index contributed by atoms with van der Waals surface area (Å²) in [4.78, 5) is 6.70. The van der Waals surface area contributed by atoms with Crippen molar-refractivity contribution in [1.29, 1.82) is 5.26 Å². The fraction of sp³-hybridized carbons (Fsp3) is 0.294. The molecule has 0 atom stereocenters. The highest BCUT2D eigenvalue weighted by molar-refractivity contribution is 5.34. The van der Waals surface area contributed by atoms with E-state index >= 15 is 0 Å². The third-order valence-electron chi connectivity index (χ3n) is 3.34. The van der Waals surface area contributed by atoms with Crippen molar-refractivity contribution >= 4 is 0 Å². The molecule has 1 heterocycles. The van der Waals surface area contributed by atoms with Crippen LogP contribution in [0.5, 0.6) is 0 Å². The van der Waals surface area contributed by atoms with Crippen LogP contribution in [-0.4, -0.2) is 16.4 Å². The number of rotatable bonds is 5. The lowest BCUT2D eigenvalue weighted by Crippen LogP contribution is -2.23. The maximum atomic E-state index is 13.3. The van der Waals surface area contributed by atoms with Crippen molar-refractivity contribution in [2.24, 2.45) is 0 Å². The monoisotopic (exact) mass is 283 g/mol. The molecule has 0 spiro atoms. The van der Waals surface area contributed by atoms with Gasteiger partial charge in [0.1, 0.15) is 11.9 Å². The molecule has 0 radical (unpaired) electrons. The van der Waals surface area contributed by atoms with Crippen molar-refractivity contribution in [2.75, 3.05) is 6.54 Å². The third-order valence-corrected chi connectivity index (χ3v) is 3.34. The number of pyridine rings is 1. The average molecular weight is 283 g/mol. The van der Waals surface area contributed by atoms with Crippen LogP contribution < -0.4 is 0 Å². The lowest BCUT2D eigenvalue weighted by molar-refractivity contribution is 0.268. The van der Waals surface area contributed by atoms with Crippen LogP contribution in [0, 0.1) is 24.1 Å². The first-order chi connectivity index (χ1) is 10.1. The molecule has 0 aliphatic rings. The van der Waals surface area contributed by atoms with Gasteiger partial charge >= 0.3 is 0 Å². The summed E-state index contributed by atoms with van der Waals surface area (Å²) in [5.41, 5.74) is 3.04. The summed E-state index contributed by atoms with van der Waals surface area (Å²) >= 11 is 0. The zero-order chi connectivity index (χ0) is 15.2. The van der Waals surface area contributed by atoms with Crippen molar-refractivity contribution in [1.82, 2.24) is 9.88 Å². The standard InChI is InChI=1S/C17H18FN3/c1-3-21(12-16-6-4-5-13(2)20-16)11-14-7-8-17(18)15(9-14)10-19/h4-9H,3,11-12H2,1-2H3. The van der Waals surface area contributed by atoms with Crippen LogP contribution in [0.2, 0.25) is 0 Å². The Balaban J connectivity index is 2.11. The van der Waals surface area contributed by atoms with Gasteiger partial charge in [-0.3, -0.25) is 9.88 Å². The molecule has 21 heavy (non-hydrogen) atoms. The van der Waals surface area contributed by atoms with E-state index in [0.717, 1.165) is 30.0 Å². The minimum absolute atomic E-state index is 0.0947. The van der Waals surface area contributed by atoms with Gasteiger partial charge in [-0.15, -0.1) is 0 Å². The van der Waals surface area contributed by atoms with Crippen LogP contribution in [0.25, 0.3) is 0 Å². The molecule has 3 nitrogen and oxygen atoms in total. The average Bonchev–Trinajstić information content (AvgIpc) is 2.48. The second-order valence-corrected chi connectivity index (χ2v) is 5.00. The van der Waals surface area contributed by atoms with E-state index in [4.69, 9.17) is 5.26 Å². The van der Waals surface area contributed by atoms with E-state index in [1.807, 2.05) is 31.2 Å². The van der Waals surface area contributed by atoms with Gasteiger partial charge in [-0.2, -0.15) is 5.26 Å². The van der Waals surface area contributed by atoms with Gasteiger partial charge in [0.25, 0.3) is 0 Å². The van der Waals surface area contributed by atoms with Gasteiger partial charge in [-0.1, -0.05) is 19.1 Å². The summed E-state index contributed by atoms with van der Waals surface area (Å²) in [6.45, 7) is 6.30. The molecule has 4 heteroatoms. The number of benzene rings is 1. The number of nitriles is 1. The van der Waals surface area contributed by atoms with Gasteiger partial charge in [0.05, 0.1) is 11.3 Å². The zero-order valence-corrected chi connectivity index (χ0v) is 12.3. The molecular weight excluding hydrogens is 265 g/mol. The molecule has 0 aliphatic heterocycles. The van der Waals surface area contributed by atoms with Gasteiger partial charge in [0, 0.05) is 18.8 Å². The van der Waals surface area contributed by atoms with Gasteiger partial charge in [0.2, 0.25) is 0 Å². The molecule has 0 N–H and O–H groups in total. The molecule has 2 rings (SSSR count). The smallest absolute Gasteiger partial charge is 0.140 e. The summed E-state index contributed by atoms with van der Waals surface area (Å²) in [5, 5.41) is 8.89. The van der Waals surface area contributed by atoms with Crippen LogP contribution in [0.15, 0.2) is 36.4 Å². The first-order valence-corrected chi connectivity index (χ1v) is 6.95. The molecule has 1 aromatic carbocycles. The van der Waals surface area contributed by atoms with Crippen LogP contribution in [-0.2, 0) is 13.1 Å². The number of hydrogen-bond donors (Lipinski definition) is 0. The molecule has 0 aliphatic carbocycles. The fourth-order valence-corrected chi connectivity index (χ4v) is 2.21. The highest BCUT2D eigenvalue weighted by atomic mass is 19.1. The van der Waals surface area contributed by atoms with E-state index in [1.54, 1.807) is 12.1 Å². The molecule has 2 aromatic rings. The Morgan fingerprint density at radius 2 is 2.05 bits per heavy atom. The summed E-state index contributed by atoms with van der Waals surface area (Å²) in [7, 11) is 0. The molecule has 0 bridgehead atoms. The van der Waals surface area contributed by atoms with Crippen molar-refractivity contribution in [2.45, 2.75) is 26.9 Å². The predicted molar refractivity (Wildman–Crippen MR) is 79.9 cm³/mol. The van der Waals surface area contributed by atoms with Crippen molar-refractivity contribution in [3.63, 3.8) is 0 Å². The third kappa shape index (κ3) is 4.11. The Hall–Kier alpha value is -2.25. The molecule has 108 valence electrons. The summed E-state index contributed by atoms with van der Waals surface area (Å²) < 4.78 is 13.3. The van der Waals surface area contributed by atoms with E-state index in [1.165, 1.54) is 6.07 Å². The topological polar surface area (TPSA) is 39.9 Å².